The molecule has 0 radical (unpaired) electrons. The summed E-state index contributed by atoms with van der Waals surface area (Å²) in [5.41, 5.74) is 8.88. The molecule has 104 valence electrons. The molecule has 1 aromatic rings. The van der Waals surface area contributed by atoms with Gasteiger partial charge in [0.25, 0.3) is 0 Å². The van der Waals surface area contributed by atoms with Gasteiger partial charge in [0.2, 0.25) is 5.91 Å². The van der Waals surface area contributed by atoms with Crippen molar-refractivity contribution in [1.29, 1.82) is 0 Å². The number of anilines is 3. The molecule has 0 aromatic heterocycles. The number of benzene rings is 1. The predicted molar refractivity (Wildman–Crippen MR) is 77.2 cm³/mol. The molecule has 19 heavy (non-hydrogen) atoms. The van der Waals surface area contributed by atoms with E-state index in [4.69, 9.17) is 5.73 Å². The summed E-state index contributed by atoms with van der Waals surface area (Å²) in [5, 5.41) is 15.6. The van der Waals surface area contributed by atoms with Crippen LogP contribution < -0.4 is 16.4 Å². The highest BCUT2D eigenvalue weighted by atomic mass is 16.3. The number of nitrogen functional groups attached to an aromatic ring is 1. The molecule has 1 aromatic carbocycles. The number of aliphatic hydroxyl groups excluding tert-OH is 1. The molecular weight excluding hydrogens is 242 g/mol. The fourth-order valence-corrected chi connectivity index (χ4v) is 2.12. The van der Waals surface area contributed by atoms with Crippen molar-refractivity contribution in [2.45, 2.75) is 38.6 Å². The van der Waals surface area contributed by atoms with Gasteiger partial charge in [0.1, 0.15) is 0 Å². The number of carbonyl (C=O) groups is 1. The summed E-state index contributed by atoms with van der Waals surface area (Å²) >= 11 is 0. The van der Waals surface area contributed by atoms with E-state index >= 15 is 0 Å². The van der Waals surface area contributed by atoms with Crippen molar-refractivity contribution in [3.8, 4) is 0 Å². The first-order chi connectivity index (χ1) is 8.97. The zero-order chi connectivity index (χ0) is 14.0. The van der Waals surface area contributed by atoms with Crippen LogP contribution in [0.3, 0.4) is 0 Å². The van der Waals surface area contributed by atoms with Crippen LogP contribution in [0.1, 0.15) is 32.3 Å². The number of amides is 1. The first-order valence-electron chi connectivity index (χ1n) is 6.59. The molecule has 5 N–H and O–H groups in total. The Morgan fingerprint density at radius 3 is 2.84 bits per heavy atom. The molecule has 1 heterocycles. The fraction of sp³-hybridized carbons (Fsp3) is 0.500. The lowest BCUT2D eigenvalue weighted by Crippen LogP contribution is -2.38. The van der Waals surface area contributed by atoms with Gasteiger partial charge in [-0.15, -0.1) is 0 Å². The highest BCUT2D eigenvalue weighted by Crippen LogP contribution is 2.32. The third kappa shape index (κ3) is 2.81. The van der Waals surface area contributed by atoms with Crippen LogP contribution in [0.4, 0.5) is 17.1 Å². The number of carbonyl (C=O) groups excluding carboxylic acids is 1. The van der Waals surface area contributed by atoms with Crippen LogP contribution in [-0.2, 0) is 11.2 Å². The number of hydrogen-bond donors (Lipinski definition) is 4. The van der Waals surface area contributed by atoms with E-state index in [1.807, 2.05) is 19.9 Å². The smallest absolute Gasteiger partial charge is 0.224 e. The fourth-order valence-electron chi connectivity index (χ4n) is 2.12. The van der Waals surface area contributed by atoms with E-state index in [1.165, 1.54) is 0 Å². The minimum Gasteiger partial charge on any atom is -0.397 e. The van der Waals surface area contributed by atoms with Gasteiger partial charge in [0.15, 0.2) is 0 Å². The third-order valence-electron chi connectivity index (χ3n) is 3.74. The first-order valence-corrected chi connectivity index (χ1v) is 6.59. The summed E-state index contributed by atoms with van der Waals surface area (Å²) in [5.74, 6) is 0.0290. The zero-order valence-corrected chi connectivity index (χ0v) is 11.4. The Morgan fingerprint density at radius 2 is 2.21 bits per heavy atom. The summed E-state index contributed by atoms with van der Waals surface area (Å²) in [6.07, 6.45) is 2.01. The number of fused-ring (bicyclic) bond motifs is 1. The van der Waals surface area contributed by atoms with Gasteiger partial charge in [-0.25, -0.2) is 0 Å². The van der Waals surface area contributed by atoms with Crippen molar-refractivity contribution in [2.24, 2.45) is 0 Å². The lowest BCUT2D eigenvalue weighted by atomic mass is 9.97. The van der Waals surface area contributed by atoms with Gasteiger partial charge in [-0.1, -0.05) is 6.92 Å². The largest absolute Gasteiger partial charge is 0.397 e. The van der Waals surface area contributed by atoms with Crippen molar-refractivity contribution >= 4 is 23.0 Å². The average molecular weight is 263 g/mol. The summed E-state index contributed by atoms with van der Waals surface area (Å²) in [6, 6.07) is 3.75. The van der Waals surface area contributed by atoms with E-state index in [0.717, 1.165) is 29.8 Å². The van der Waals surface area contributed by atoms with Crippen LogP contribution in [0.5, 0.6) is 0 Å². The molecule has 0 bridgehead atoms. The van der Waals surface area contributed by atoms with Crippen LogP contribution >= 0.6 is 0 Å². The molecule has 0 saturated heterocycles. The molecule has 5 heteroatoms. The summed E-state index contributed by atoms with van der Waals surface area (Å²) in [6.45, 7) is 4.00. The normalized spacial score (nSPS) is 17.3. The molecule has 1 aliphatic heterocycles. The SMILES string of the molecule is CCC(C)(CO)Nc1cc2c(cc1N)NC(=O)CC2. The molecule has 0 spiro atoms. The zero-order valence-electron chi connectivity index (χ0n) is 11.4. The first kappa shape index (κ1) is 13.7. The monoisotopic (exact) mass is 263 g/mol. The van der Waals surface area contributed by atoms with Crippen LogP contribution in [0.15, 0.2) is 12.1 Å². The number of aryl methyl sites for hydroxylation is 1. The van der Waals surface area contributed by atoms with Crippen LogP contribution in [0, 0.1) is 0 Å². The Bertz CT molecular complexity index is 496. The third-order valence-corrected chi connectivity index (χ3v) is 3.74. The highest BCUT2D eigenvalue weighted by Gasteiger charge is 2.23. The molecule has 0 saturated carbocycles. The van der Waals surface area contributed by atoms with Gasteiger partial charge < -0.3 is 21.5 Å². The second kappa shape index (κ2) is 5.09. The molecule has 0 aliphatic carbocycles. The topological polar surface area (TPSA) is 87.4 Å². The summed E-state index contributed by atoms with van der Waals surface area (Å²) in [4.78, 5) is 11.3. The second-order valence-corrected chi connectivity index (χ2v) is 5.34. The van der Waals surface area contributed by atoms with E-state index in [0.29, 0.717) is 12.1 Å². The van der Waals surface area contributed by atoms with E-state index in [1.54, 1.807) is 6.07 Å². The maximum atomic E-state index is 11.3. The lowest BCUT2D eigenvalue weighted by molar-refractivity contribution is -0.116. The number of nitrogens with two attached hydrogens (primary N) is 1. The quantitative estimate of drug-likeness (QED) is 0.623. The highest BCUT2D eigenvalue weighted by molar-refractivity contribution is 5.95. The van der Waals surface area contributed by atoms with Crippen molar-refractivity contribution in [2.75, 3.05) is 23.0 Å². The van der Waals surface area contributed by atoms with Crippen molar-refractivity contribution in [3.63, 3.8) is 0 Å². The molecule has 1 aliphatic rings. The van der Waals surface area contributed by atoms with Gasteiger partial charge in [-0.05, 0) is 37.5 Å². The second-order valence-electron chi connectivity index (χ2n) is 5.34. The molecule has 0 fully saturated rings. The molecule has 1 unspecified atom stereocenters. The Kier molecular flexibility index (Phi) is 3.66. The molecule has 2 rings (SSSR count). The van der Waals surface area contributed by atoms with Crippen LogP contribution in [-0.4, -0.2) is 23.2 Å². The maximum Gasteiger partial charge on any atom is 0.224 e. The molecule has 1 amide bonds. The van der Waals surface area contributed by atoms with E-state index in [-0.39, 0.29) is 18.1 Å². The van der Waals surface area contributed by atoms with Crippen molar-refractivity contribution in [3.05, 3.63) is 17.7 Å². The van der Waals surface area contributed by atoms with Crippen molar-refractivity contribution in [1.82, 2.24) is 0 Å². The average Bonchev–Trinajstić information content (AvgIpc) is 2.40. The summed E-state index contributed by atoms with van der Waals surface area (Å²) < 4.78 is 0. The van der Waals surface area contributed by atoms with E-state index < -0.39 is 0 Å². The molecular formula is C14H21N3O2. The van der Waals surface area contributed by atoms with Gasteiger partial charge in [-0.2, -0.15) is 0 Å². The Labute approximate surface area is 113 Å². The summed E-state index contributed by atoms with van der Waals surface area (Å²) in [7, 11) is 0. The standard InChI is InChI=1S/C14H21N3O2/c1-3-14(2,8-18)17-12-6-9-4-5-13(19)16-11(9)7-10(12)15/h6-7,17-18H,3-5,8,15H2,1-2H3,(H,16,19). The Morgan fingerprint density at radius 1 is 1.47 bits per heavy atom. The van der Waals surface area contributed by atoms with Gasteiger partial charge in [-0.3, -0.25) is 4.79 Å². The van der Waals surface area contributed by atoms with Crippen LogP contribution in [0.2, 0.25) is 0 Å². The van der Waals surface area contributed by atoms with Gasteiger partial charge in [0.05, 0.1) is 23.5 Å². The number of nitrogens with one attached hydrogen (secondary N) is 2. The van der Waals surface area contributed by atoms with Crippen molar-refractivity contribution < 1.29 is 9.90 Å². The van der Waals surface area contributed by atoms with E-state index in [2.05, 4.69) is 10.6 Å². The van der Waals surface area contributed by atoms with Gasteiger partial charge >= 0.3 is 0 Å². The maximum absolute atomic E-state index is 11.3. The number of rotatable bonds is 4. The molecule has 5 nitrogen and oxygen atoms in total. The van der Waals surface area contributed by atoms with Crippen LogP contribution in [0.25, 0.3) is 0 Å². The minimum absolute atomic E-state index is 0.0290. The lowest BCUT2D eigenvalue weighted by Gasteiger charge is -2.30. The number of hydrogen-bond acceptors (Lipinski definition) is 4. The Balaban J connectivity index is 2.30. The van der Waals surface area contributed by atoms with Gasteiger partial charge in [0, 0.05) is 12.1 Å². The predicted octanol–water partition coefficient (Wildman–Crippen LogP) is 1.73. The molecule has 1 atom stereocenters. The Hall–Kier alpha value is -1.75. The van der Waals surface area contributed by atoms with E-state index in [9.17, 15) is 9.90 Å². The number of aliphatic hydroxyl groups is 1. The minimum atomic E-state index is -0.389.